The van der Waals surface area contributed by atoms with Crippen molar-refractivity contribution < 1.29 is 9.90 Å². The maximum Gasteiger partial charge on any atom is 0.270 e. The van der Waals surface area contributed by atoms with E-state index in [1.54, 1.807) is 0 Å². The molecule has 1 amide bonds. The number of piperidine rings is 1. The van der Waals surface area contributed by atoms with Crippen molar-refractivity contribution in [1.29, 1.82) is 0 Å². The topological polar surface area (TPSA) is 56.3 Å². The molecule has 1 aromatic heterocycles. The maximum absolute atomic E-state index is 13.0. The van der Waals surface area contributed by atoms with Crippen LogP contribution in [-0.4, -0.2) is 34.0 Å². The van der Waals surface area contributed by atoms with Gasteiger partial charge < -0.3 is 15.0 Å². The molecule has 3 aromatic rings. The zero-order chi connectivity index (χ0) is 18.3. The van der Waals surface area contributed by atoms with Gasteiger partial charge in [-0.05, 0) is 43.9 Å². The van der Waals surface area contributed by atoms with Crippen LogP contribution >= 0.6 is 0 Å². The molecular formula is C22H24N2O2. The van der Waals surface area contributed by atoms with E-state index in [0.29, 0.717) is 31.6 Å². The van der Waals surface area contributed by atoms with Gasteiger partial charge in [0.05, 0.1) is 5.60 Å². The molecule has 4 rings (SSSR count). The number of benzene rings is 2. The highest BCUT2D eigenvalue weighted by atomic mass is 16.3. The molecule has 0 saturated carbocycles. The number of fused-ring (bicyclic) bond motifs is 1. The van der Waals surface area contributed by atoms with E-state index in [2.05, 4.69) is 4.98 Å². The predicted molar refractivity (Wildman–Crippen MR) is 103 cm³/mol. The van der Waals surface area contributed by atoms with Gasteiger partial charge in [0.1, 0.15) is 5.69 Å². The summed E-state index contributed by atoms with van der Waals surface area (Å²) in [6, 6.07) is 16.0. The standard InChI is InChI=1S/C22H24N2O2/c1-15-6-5-7-17(14-15)22(26)10-12-24(13-11-22)21(25)20-16(2)18-8-3-4-9-19(18)23-20/h3-9,14,23,26H,10-13H2,1-2H3. The Morgan fingerprint density at radius 2 is 1.81 bits per heavy atom. The Kier molecular flexibility index (Phi) is 4.08. The Balaban J connectivity index is 1.54. The minimum absolute atomic E-state index is 0.0185. The van der Waals surface area contributed by atoms with E-state index in [-0.39, 0.29) is 5.91 Å². The van der Waals surface area contributed by atoms with E-state index >= 15 is 0 Å². The van der Waals surface area contributed by atoms with Crippen LogP contribution in [0.25, 0.3) is 10.9 Å². The number of hydrogen-bond acceptors (Lipinski definition) is 2. The Labute approximate surface area is 153 Å². The summed E-state index contributed by atoms with van der Waals surface area (Å²) in [5.74, 6) is 0.0185. The van der Waals surface area contributed by atoms with Gasteiger partial charge in [-0.25, -0.2) is 0 Å². The summed E-state index contributed by atoms with van der Waals surface area (Å²) in [6.07, 6.45) is 1.11. The summed E-state index contributed by atoms with van der Waals surface area (Å²) in [5, 5.41) is 12.1. The Morgan fingerprint density at radius 1 is 1.08 bits per heavy atom. The van der Waals surface area contributed by atoms with Crippen LogP contribution in [0.5, 0.6) is 0 Å². The first-order valence-electron chi connectivity index (χ1n) is 9.14. The third-order valence-corrected chi connectivity index (χ3v) is 5.61. The van der Waals surface area contributed by atoms with Crippen molar-refractivity contribution in [2.45, 2.75) is 32.3 Å². The van der Waals surface area contributed by atoms with Crippen molar-refractivity contribution in [3.05, 3.63) is 70.9 Å². The molecule has 0 radical (unpaired) electrons. The van der Waals surface area contributed by atoms with Crippen LogP contribution in [0, 0.1) is 13.8 Å². The lowest BCUT2D eigenvalue weighted by Gasteiger charge is -2.38. The smallest absolute Gasteiger partial charge is 0.270 e. The Hall–Kier alpha value is -2.59. The van der Waals surface area contributed by atoms with Crippen LogP contribution < -0.4 is 0 Å². The number of amides is 1. The molecule has 0 spiro atoms. The van der Waals surface area contributed by atoms with E-state index < -0.39 is 5.60 Å². The second-order valence-electron chi connectivity index (χ2n) is 7.36. The lowest BCUT2D eigenvalue weighted by Crippen LogP contribution is -2.45. The highest BCUT2D eigenvalue weighted by molar-refractivity contribution is 6.00. The van der Waals surface area contributed by atoms with Gasteiger partial charge in [0.2, 0.25) is 0 Å². The fourth-order valence-corrected chi connectivity index (χ4v) is 3.96. The molecule has 0 atom stereocenters. The quantitative estimate of drug-likeness (QED) is 0.738. The van der Waals surface area contributed by atoms with E-state index in [1.165, 1.54) is 0 Å². The van der Waals surface area contributed by atoms with E-state index in [0.717, 1.165) is 27.6 Å². The number of carbonyl (C=O) groups excluding carboxylic acids is 1. The normalized spacial score (nSPS) is 16.8. The van der Waals surface area contributed by atoms with Gasteiger partial charge in [0, 0.05) is 24.0 Å². The number of aliphatic hydroxyl groups is 1. The lowest BCUT2D eigenvalue weighted by molar-refractivity contribution is -0.0213. The van der Waals surface area contributed by atoms with Crippen LogP contribution in [0.3, 0.4) is 0 Å². The monoisotopic (exact) mass is 348 g/mol. The van der Waals surface area contributed by atoms with Crippen LogP contribution in [0.2, 0.25) is 0 Å². The third kappa shape index (κ3) is 2.80. The Bertz CT molecular complexity index is 965. The van der Waals surface area contributed by atoms with Gasteiger partial charge in [-0.3, -0.25) is 4.79 Å². The van der Waals surface area contributed by atoms with Crippen LogP contribution in [0.4, 0.5) is 0 Å². The van der Waals surface area contributed by atoms with Crippen LogP contribution in [0.15, 0.2) is 48.5 Å². The SMILES string of the molecule is Cc1cccc(C2(O)CCN(C(=O)c3[nH]c4ccccc4c3C)CC2)c1. The van der Waals surface area contributed by atoms with Crippen LogP contribution in [0.1, 0.15) is 40.0 Å². The molecule has 1 aliphatic heterocycles. The first kappa shape index (κ1) is 16.9. The molecule has 26 heavy (non-hydrogen) atoms. The molecule has 2 aromatic carbocycles. The first-order chi connectivity index (χ1) is 12.5. The van der Waals surface area contributed by atoms with Gasteiger partial charge in [0.15, 0.2) is 0 Å². The van der Waals surface area contributed by atoms with Gasteiger partial charge >= 0.3 is 0 Å². The van der Waals surface area contributed by atoms with Gasteiger partial charge in [0.25, 0.3) is 5.91 Å². The summed E-state index contributed by atoms with van der Waals surface area (Å²) < 4.78 is 0. The van der Waals surface area contributed by atoms with Gasteiger partial charge in [-0.15, -0.1) is 0 Å². The number of aromatic amines is 1. The average molecular weight is 348 g/mol. The molecule has 1 saturated heterocycles. The average Bonchev–Trinajstić information content (AvgIpc) is 2.99. The molecule has 1 fully saturated rings. The highest BCUT2D eigenvalue weighted by Crippen LogP contribution is 2.34. The fraction of sp³-hybridized carbons (Fsp3) is 0.318. The minimum atomic E-state index is -0.849. The summed E-state index contributed by atoms with van der Waals surface area (Å²) >= 11 is 0. The van der Waals surface area contributed by atoms with Crippen molar-refractivity contribution in [1.82, 2.24) is 9.88 Å². The molecule has 4 heteroatoms. The highest BCUT2D eigenvalue weighted by Gasteiger charge is 2.36. The number of rotatable bonds is 2. The van der Waals surface area contributed by atoms with Crippen molar-refractivity contribution in [3.8, 4) is 0 Å². The molecule has 4 nitrogen and oxygen atoms in total. The summed E-state index contributed by atoms with van der Waals surface area (Å²) in [5.41, 5.74) is 3.88. The second kappa shape index (κ2) is 6.29. The number of hydrogen-bond donors (Lipinski definition) is 2. The molecule has 0 aliphatic carbocycles. The summed E-state index contributed by atoms with van der Waals surface area (Å²) in [6.45, 7) is 5.12. The molecule has 0 bridgehead atoms. The third-order valence-electron chi connectivity index (χ3n) is 5.61. The Morgan fingerprint density at radius 3 is 2.50 bits per heavy atom. The molecule has 2 heterocycles. The van der Waals surface area contributed by atoms with Crippen molar-refractivity contribution in [2.24, 2.45) is 0 Å². The summed E-state index contributed by atoms with van der Waals surface area (Å²) in [4.78, 5) is 18.1. The number of nitrogens with zero attached hydrogens (tertiary/aromatic N) is 1. The molecule has 134 valence electrons. The van der Waals surface area contributed by atoms with Crippen LogP contribution in [-0.2, 0) is 5.60 Å². The predicted octanol–water partition coefficient (Wildman–Crippen LogP) is 3.91. The van der Waals surface area contributed by atoms with E-state index in [1.807, 2.05) is 67.3 Å². The number of para-hydroxylation sites is 1. The first-order valence-corrected chi connectivity index (χ1v) is 9.14. The number of aromatic nitrogens is 1. The number of carbonyl (C=O) groups is 1. The molecule has 2 N–H and O–H groups in total. The fourth-order valence-electron chi connectivity index (χ4n) is 3.96. The number of likely N-dealkylation sites (tertiary alicyclic amines) is 1. The van der Waals surface area contributed by atoms with Gasteiger partial charge in [-0.1, -0.05) is 48.0 Å². The van der Waals surface area contributed by atoms with Crippen molar-refractivity contribution in [2.75, 3.05) is 13.1 Å². The van der Waals surface area contributed by atoms with Crippen molar-refractivity contribution >= 4 is 16.8 Å². The largest absolute Gasteiger partial charge is 0.385 e. The zero-order valence-electron chi connectivity index (χ0n) is 15.2. The molecule has 0 unspecified atom stereocenters. The van der Waals surface area contributed by atoms with Crippen molar-refractivity contribution in [3.63, 3.8) is 0 Å². The van der Waals surface area contributed by atoms with Gasteiger partial charge in [-0.2, -0.15) is 0 Å². The van der Waals surface area contributed by atoms with E-state index in [4.69, 9.17) is 0 Å². The molecule has 1 aliphatic rings. The maximum atomic E-state index is 13.0. The van der Waals surface area contributed by atoms with E-state index in [9.17, 15) is 9.90 Å². The molecular weight excluding hydrogens is 324 g/mol. The number of aryl methyl sites for hydroxylation is 2. The number of nitrogens with one attached hydrogen (secondary N) is 1. The number of H-pyrrole nitrogens is 1. The second-order valence-corrected chi connectivity index (χ2v) is 7.36. The lowest BCUT2D eigenvalue weighted by atomic mass is 9.84. The zero-order valence-corrected chi connectivity index (χ0v) is 15.2. The summed E-state index contributed by atoms with van der Waals surface area (Å²) in [7, 11) is 0. The minimum Gasteiger partial charge on any atom is -0.385 e.